The Morgan fingerprint density at radius 3 is 2.73 bits per heavy atom. The monoisotopic (exact) mass is 314 g/mol. The second-order valence-corrected chi connectivity index (χ2v) is 4.74. The van der Waals surface area contributed by atoms with Crippen molar-refractivity contribution in [2.24, 2.45) is 5.10 Å². The lowest BCUT2D eigenvalue weighted by molar-refractivity contribution is -0.137. The Kier molecular flexibility index (Phi) is 4.48. The molecule has 1 amide bonds. The van der Waals surface area contributed by atoms with Crippen LogP contribution < -0.4 is 0 Å². The van der Waals surface area contributed by atoms with Gasteiger partial charge in [0.25, 0.3) is 0 Å². The lowest BCUT2D eigenvalue weighted by atomic mass is 10.1. The fourth-order valence-electron chi connectivity index (χ4n) is 1.89. The minimum Gasteiger partial charge on any atom is -0.456 e. The van der Waals surface area contributed by atoms with Crippen LogP contribution >= 0.6 is 0 Å². The lowest BCUT2D eigenvalue weighted by Gasteiger charge is -2.18. The molecule has 22 heavy (non-hydrogen) atoms. The number of esters is 1. The maximum Gasteiger partial charge on any atom is 0.416 e. The third-order valence-corrected chi connectivity index (χ3v) is 3.07. The van der Waals surface area contributed by atoms with Gasteiger partial charge in [-0.25, -0.2) is 9.80 Å². The van der Waals surface area contributed by atoms with Gasteiger partial charge in [-0.1, -0.05) is 12.1 Å². The zero-order chi connectivity index (χ0) is 16.3. The smallest absolute Gasteiger partial charge is 0.416 e. The van der Waals surface area contributed by atoms with E-state index in [9.17, 15) is 22.8 Å². The Morgan fingerprint density at radius 1 is 1.36 bits per heavy atom. The number of hydrogen-bond donors (Lipinski definition) is 0. The van der Waals surface area contributed by atoms with Gasteiger partial charge in [-0.2, -0.15) is 18.3 Å². The molecule has 0 bridgehead atoms. The van der Waals surface area contributed by atoms with E-state index in [0.717, 1.165) is 17.1 Å². The van der Waals surface area contributed by atoms with E-state index in [-0.39, 0.29) is 36.6 Å². The number of hydrogen-bond acceptors (Lipinski definition) is 4. The Bertz CT molecular complexity index is 626. The SMILES string of the molecule is CN1N=C(C(=O)OCc2cccc(C(F)(F)F)c2)CCC1=O. The maximum atomic E-state index is 12.6. The molecule has 0 fully saturated rings. The molecule has 2 rings (SSSR count). The van der Waals surface area contributed by atoms with Gasteiger partial charge in [-0.05, 0) is 17.7 Å². The summed E-state index contributed by atoms with van der Waals surface area (Å²) in [5.41, 5.74) is -0.500. The maximum absolute atomic E-state index is 12.6. The number of hydrazone groups is 1. The second kappa shape index (κ2) is 6.17. The van der Waals surface area contributed by atoms with Crippen molar-refractivity contribution >= 4 is 17.6 Å². The highest BCUT2D eigenvalue weighted by Crippen LogP contribution is 2.29. The molecule has 118 valence electrons. The molecule has 1 aliphatic heterocycles. The standard InChI is InChI=1S/C14H13F3N2O3/c1-19-12(20)6-5-11(18-19)13(21)22-8-9-3-2-4-10(7-9)14(15,16)17/h2-4,7H,5-6,8H2,1H3. The Hall–Kier alpha value is -2.38. The fraction of sp³-hybridized carbons (Fsp3) is 0.357. The van der Waals surface area contributed by atoms with Crippen LogP contribution in [0.15, 0.2) is 29.4 Å². The Balaban J connectivity index is 2.00. The third kappa shape index (κ3) is 3.84. The predicted molar refractivity (Wildman–Crippen MR) is 70.7 cm³/mol. The summed E-state index contributed by atoms with van der Waals surface area (Å²) in [5, 5.41) is 4.82. The van der Waals surface area contributed by atoms with Crippen LogP contribution in [0.3, 0.4) is 0 Å². The molecule has 0 aliphatic carbocycles. The van der Waals surface area contributed by atoms with Crippen LogP contribution in [-0.4, -0.2) is 29.6 Å². The van der Waals surface area contributed by atoms with Crippen molar-refractivity contribution < 1.29 is 27.5 Å². The van der Waals surface area contributed by atoms with E-state index in [1.54, 1.807) is 0 Å². The van der Waals surface area contributed by atoms with Crippen molar-refractivity contribution in [3.8, 4) is 0 Å². The molecule has 1 heterocycles. The van der Waals surface area contributed by atoms with Crippen molar-refractivity contribution in [2.75, 3.05) is 7.05 Å². The van der Waals surface area contributed by atoms with Crippen molar-refractivity contribution in [3.63, 3.8) is 0 Å². The zero-order valence-corrected chi connectivity index (χ0v) is 11.7. The highest BCUT2D eigenvalue weighted by molar-refractivity contribution is 6.37. The lowest BCUT2D eigenvalue weighted by Crippen LogP contribution is -2.32. The van der Waals surface area contributed by atoms with E-state index in [1.807, 2.05) is 0 Å². The van der Waals surface area contributed by atoms with Crippen molar-refractivity contribution in [1.29, 1.82) is 0 Å². The minimum absolute atomic E-state index is 0.0778. The summed E-state index contributed by atoms with van der Waals surface area (Å²) in [4.78, 5) is 23.0. The molecule has 1 aromatic rings. The van der Waals surface area contributed by atoms with Gasteiger partial charge in [0.15, 0.2) is 0 Å². The number of rotatable bonds is 3. The number of alkyl halides is 3. The van der Waals surface area contributed by atoms with Gasteiger partial charge in [0, 0.05) is 19.9 Å². The summed E-state index contributed by atoms with van der Waals surface area (Å²) < 4.78 is 42.7. The third-order valence-electron chi connectivity index (χ3n) is 3.07. The van der Waals surface area contributed by atoms with Crippen LogP contribution in [0.5, 0.6) is 0 Å². The normalized spacial score (nSPS) is 15.5. The summed E-state index contributed by atoms with van der Waals surface area (Å²) >= 11 is 0. The molecule has 0 aromatic heterocycles. The number of benzene rings is 1. The van der Waals surface area contributed by atoms with Crippen molar-refractivity contribution in [1.82, 2.24) is 5.01 Å². The average Bonchev–Trinajstić information content (AvgIpc) is 2.47. The Morgan fingerprint density at radius 2 is 2.09 bits per heavy atom. The molecular weight excluding hydrogens is 301 g/mol. The second-order valence-electron chi connectivity index (χ2n) is 4.74. The van der Waals surface area contributed by atoms with Crippen LogP contribution in [-0.2, 0) is 27.1 Å². The first-order valence-corrected chi connectivity index (χ1v) is 6.44. The van der Waals surface area contributed by atoms with Crippen molar-refractivity contribution in [3.05, 3.63) is 35.4 Å². The quantitative estimate of drug-likeness (QED) is 0.805. The van der Waals surface area contributed by atoms with E-state index in [1.165, 1.54) is 19.2 Å². The molecule has 0 unspecified atom stereocenters. The minimum atomic E-state index is -4.45. The molecule has 0 spiro atoms. The predicted octanol–water partition coefficient (Wildman–Crippen LogP) is 2.36. The molecule has 0 saturated heterocycles. The molecular formula is C14H13F3N2O3. The summed E-state index contributed by atoms with van der Waals surface area (Å²) in [6.45, 7) is -0.292. The van der Waals surface area contributed by atoms with Gasteiger partial charge in [0.05, 0.1) is 5.56 Å². The van der Waals surface area contributed by atoms with Crippen LogP contribution in [0.4, 0.5) is 13.2 Å². The summed E-state index contributed by atoms with van der Waals surface area (Å²) in [7, 11) is 1.42. The summed E-state index contributed by atoms with van der Waals surface area (Å²) in [5.74, 6) is -0.953. The van der Waals surface area contributed by atoms with Gasteiger partial charge < -0.3 is 4.74 Å². The van der Waals surface area contributed by atoms with E-state index in [2.05, 4.69) is 5.10 Å². The molecule has 5 nitrogen and oxygen atoms in total. The molecule has 0 N–H and O–H groups in total. The average molecular weight is 314 g/mol. The fourth-order valence-corrected chi connectivity index (χ4v) is 1.89. The van der Waals surface area contributed by atoms with Crippen LogP contribution in [0.1, 0.15) is 24.0 Å². The summed E-state index contributed by atoms with van der Waals surface area (Å²) in [6.07, 6.45) is -4.14. The van der Waals surface area contributed by atoms with Crippen LogP contribution in [0, 0.1) is 0 Å². The van der Waals surface area contributed by atoms with Gasteiger partial charge in [-0.15, -0.1) is 0 Å². The highest BCUT2D eigenvalue weighted by Gasteiger charge is 2.30. The molecule has 0 radical (unpaired) electrons. The van der Waals surface area contributed by atoms with Gasteiger partial charge >= 0.3 is 12.1 Å². The van der Waals surface area contributed by atoms with E-state index < -0.39 is 17.7 Å². The summed E-state index contributed by atoms with van der Waals surface area (Å²) in [6, 6.07) is 4.54. The van der Waals surface area contributed by atoms with E-state index >= 15 is 0 Å². The van der Waals surface area contributed by atoms with E-state index in [4.69, 9.17) is 4.74 Å². The zero-order valence-electron chi connectivity index (χ0n) is 11.7. The number of carbonyl (C=O) groups is 2. The van der Waals surface area contributed by atoms with Gasteiger partial charge in [-0.3, -0.25) is 4.79 Å². The van der Waals surface area contributed by atoms with Crippen molar-refractivity contribution in [2.45, 2.75) is 25.6 Å². The number of carbonyl (C=O) groups excluding carboxylic acids is 2. The molecule has 8 heteroatoms. The first-order chi connectivity index (χ1) is 10.3. The number of nitrogens with zero attached hydrogens (tertiary/aromatic N) is 2. The first-order valence-electron chi connectivity index (χ1n) is 6.44. The van der Waals surface area contributed by atoms with E-state index in [0.29, 0.717) is 0 Å². The largest absolute Gasteiger partial charge is 0.456 e. The molecule has 1 aromatic carbocycles. The van der Waals surface area contributed by atoms with Crippen LogP contribution in [0.2, 0.25) is 0 Å². The number of amides is 1. The first kappa shape index (κ1) is 16.0. The number of ether oxygens (including phenoxy) is 1. The topological polar surface area (TPSA) is 59.0 Å². The molecule has 0 atom stereocenters. The number of halogens is 3. The highest BCUT2D eigenvalue weighted by atomic mass is 19.4. The van der Waals surface area contributed by atoms with Gasteiger partial charge in [0.1, 0.15) is 12.3 Å². The Labute approximate surface area is 124 Å². The molecule has 0 saturated carbocycles. The molecule has 1 aliphatic rings. The van der Waals surface area contributed by atoms with Crippen LogP contribution in [0.25, 0.3) is 0 Å². The van der Waals surface area contributed by atoms with Gasteiger partial charge in [0.2, 0.25) is 5.91 Å².